The zero-order valence-electron chi connectivity index (χ0n) is 15.6. The summed E-state index contributed by atoms with van der Waals surface area (Å²) in [5.74, 6) is -0.969. The first-order valence-corrected chi connectivity index (χ1v) is 9.51. The number of nitrogens with zero attached hydrogens (tertiary/aromatic N) is 4. The number of rotatable bonds is 6. The Morgan fingerprint density at radius 3 is 2.55 bits per heavy atom. The second kappa shape index (κ2) is 9.02. The number of amides is 2. The fourth-order valence-electron chi connectivity index (χ4n) is 2.65. The number of hydrogen-bond acceptors (Lipinski definition) is 5. The molecule has 0 fully saturated rings. The Labute approximate surface area is 177 Å². The number of carbonyl (C=O) groups is 2. The van der Waals surface area contributed by atoms with Gasteiger partial charge in [-0.3, -0.25) is 9.59 Å². The van der Waals surface area contributed by atoms with Gasteiger partial charge in [-0.05, 0) is 52.7 Å². The third-order valence-electron chi connectivity index (χ3n) is 4.14. The number of halogens is 2. The van der Waals surface area contributed by atoms with Crippen molar-refractivity contribution < 1.29 is 9.59 Å². The lowest BCUT2D eigenvalue weighted by Gasteiger charge is -2.22. The molecule has 3 aromatic rings. The molecule has 29 heavy (non-hydrogen) atoms. The van der Waals surface area contributed by atoms with Gasteiger partial charge in [0.1, 0.15) is 12.4 Å². The largest absolute Gasteiger partial charge is 0.340 e. The van der Waals surface area contributed by atoms with Gasteiger partial charge in [-0.25, -0.2) is 4.68 Å². The standard InChI is InChI=1S/C19H18Cl2N6O2/c1-11(2)17(24-18(28)15-7-6-12(20)8-16(15)21)19(29)23-13-4-3-5-14(9-13)27-10-22-25-26-27/h3-11,17H,1-2H3,(H,23,29)(H,24,28). The van der Waals surface area contributed by atoms with Crippen molar-refractivity contribution in [2.45, 2.75) is 19.9 Å². The topological polar surface area (TPSA) is 102 Å². The van der Waals surface area contributed by atoms with E-state index in [4.69, 9.17) is 23.2 Å². The maximum Gasteiger partial charge on any atom is 0.253 e. The molecule has 0 radical (unpaired) electrons. The smallest absolute Gasteiger partial charge is 0.253 e. The van der Waals surface area contributed by atoms with Gasteiger partial charge in [-0.1, -0.05) is 43.1 Å². The highest BCUT2D eigenvalue weighted by Crippen LogP contribution is 2.21. The summed E-state index contributed by atoms with van der Waals surface area (Å²) in [6.45, 7) is 3.68. The third kappa shape index (κ3) is 5.10. The molecule has 0 aliphatic heterocycles. The fraction of sp³-hybridized carbons (Fsp3) is 0.211. The minimum Gasteiger partial charge on any atom is -0.340 e. The van der Waals surface area contributed by atoms with Crippen molar-refractivity contribution in [2.24, 2.45) is 5.92 Å². The molecule has 1 heterocycles. The van der Waals surface area contributed by atoms with E-state index in [0.29, 0.717) is 16.4 Å². The van der Waals surface area contributed by atoms with Crippen LogP contribution in [0.5, 0.6) is 0 Å². The normalized spacial score (nSPS) is 11.9. The van der Waals surface area contributed by atoms with Crippen LogP contribution in [0.15, 0.2) is 48.8 Å². The highest BCUT2D eigenvalue weighted by atomic mass is 35.5. The van der Waals surface area contributed by atoms with E-state index in [2.05, 4.69) is 26.2 Å². The first-order chi connectivity index (χ1) is 13.8. The lowest BCUT2D eigenvalue weighted by Crippen LogP contribution is -2.47. The minimum absolute atomic E-state index is 0.160. The molecule has 150 valence electrons. The highest BCUT2D eigenvalue weighted by molar-refractivity contribution is 6.36. The van der Waals surface area contributed by atoms with Crippen LogP contribution >= 0.6 is 23.2 Å². The third-order valence-corrected chi connectivity index (χ3v) is 4.69. The summed E-state index contributed by atoms with van der Waals surface area (Å²) in [6, 6.07) is 10.8. The maximum absolute atomic E-state index is 12.8. The van der Waals surface area contributed by atoms with E-state index in [-0.39, 0.29) is 22.4 Å². The fourth-order valence-corrected chi connectivity index (χ4v) is 3.15. The van der Waals surface area contributed by atoms with Crippen LogP contribution in [0, 0.1) is 5.92 Å². The molecule has 2 N–H and O–H groups in total. The molecule has 1 atom stereocenters. The number of anilines is 1. The highest BCUT2D eigenvalue weighted by Gasteiger charge is 2.25. The van der Waals surface area contributed by atoms with E-state index in [1.165, 1.54) is 23.1 Å². The van der Waals surface area contributed by atoms with Crippen LogP contribution in [0.25, 0.3) is 5.69 Å². The summed E-state index contributed by atoms with van der Waals surface area (Å²) in [6.07, 6.45) is 1.45. The number of tetrazole rings is 1. The molecule has 1 aromatic heterocycles. The van der Waals surface area contributed by atoms with Crippen molar-refractivity contribution in [3.8, 4) is 5.69 Å². The Kier molecular flexibility index (Phi) is 6.46. The molecule has 0 aliphatic rings. The number of aromatic nitrogens is 4. The van der Waals surface area contributed by atoms with Gasteiger partial charge in [0.15, 0.2) is 0 Å². The van der Waals surface area contributed by atoms with Gasteiger partial charge in [-0.15, -0.1) is 5.10 Å². The molecule has 0 spiro atoms. The van der Waals surface area contributed by atoms with E-state index >= 15 is 0 Å². The Morgan fingerprint density at radius 2 is 1.90 bits per heavy atom. The number of nitrogens with one attached hydrogen (secondary N) is 2. The van der Waals surface area contributed by atoms with Crippen LogP contribution < -0.4 is 10.6 Å². The minimum atomic E-state index is -0.772. The number of benzene rings is 2. The van der Waals surface area contributed by atoms with Gasteiger partial charge in [0.05, 0.1) is 16.3 Å². The zero-order chi connectivity index (χ0) is 21.0. The Bertz CT molecular complexity index is 1020. The molecule has 2 amide bonds. The predicted octanol–water partition coefficient (Wildman–Crippen LogP) is 3.36. The zero-order valence-corrected chi connectivity index (χ0v) is 17.1. The van der Waals surface area contributed by atoms with Gasteiger partial charge >= 0.3 is 0 Å². The van der Waals surface area contributed by atoms with Gasteiger partial charge in [-0.2, -0.15) is 0 Å². The second-order valence-corrected chi connectivity index (χ2v) is 7.46. The van der Waals surface area contributed by atoms with Gasteiger partial charge in [0.2, 0.25) is 5.91 Å². The molecule has 0 bridgehead atoms. The van der Waals surface area contributed by atoms with Crippen LogP contribution in [0.1, 0.15) is 24.2 Å². The van der Waals surface area contributed by atoms with Gasteiger partial charge < -0.3 is 10.6 Å². The Morgan fingerprint density at radius 1 is 1.10 bits per heavy atom. The van der Waals surface area contributed by atoms with Crippen LogP contribution in [-0.4, -0.2) is 38.1 Å². The molecule has 2 aromatic carbocycles. The predicted molar refractivity (Wildman–Crippen MR) is 110 cm³/mol. The SMILES string of the molecule is CC(C)C(NC(=O)c1ccc(Cl)cc1Cl)C(=O)Nc1cccc(-n2cnnn2)c1. The molecular formula is C19H18Cl2N6O2. The number of hydrogen-bond donors (Lipinski definition) is 2. The summed E-state index contributed by atoms with van der Waals surface area (Å²) in [5, 5.41) is 17.2. The Hall–Kier alpha value is -2.97. The van der Waals surface area contributed by atoms with E-state index in [9.17, 15) is 9.59 Å². The first kappa shape index (κ1) is 20.8. The monoisotopic (exact) mass is 432 g/mol. The van der Waals surface area contributed by atoms with Crippen molar-refractivity contribution in [3.63, 3.8) is 0 Å². The van der Waals surface area contributed by atoms with E-state index in [0.717, 1.165) is 0 Å². The molecule has 0 aliphatic carbocycles. The summed E-state index contributed by atoms with van der Waals surface area (Å²) >= 11 is 12.0. The van der Waals surface area contributed by atoms with Crippen molar-refractivity contribution in [3.05, 3.63) is 64.4 Å². The molecule has 1 unspecified atom stereocenters. The molecule has 10 heteroatoms. The van der Waals surface area contributed by atoms with Crippen molar-refractivity contribution >= 4 is 40.7 Å². The maximum atomic E-state index is 12.8. The summed E-state index contributed by atoms with van der Waals surface area (Å²) in [5.41, 5.74) is 1.48. The second-order valence-electron chi connectivity index (χ2n) is 6.61. The quantitative estimate of drug-likeness (QED) is 0.621. The number of carbonyl (C=O) groups excluding carboxylic acids is 2. The van der Waals surface area contributed by atoms with Crippen molar-refractivity contribution in [2.75, 3.05) is 5.32 Å². The van der Waals surface area contributed by atoms with Gasteiger partial charge in [0, 0.05) is 10.7 Å². The van der Waals surface area contributed by atoms with Crippen molar-refractivity contribution in [1.29, 1.82) is 0 Å². The van der Waals surface area contributed by atoms with E-state index in [1.807, 2.05) is 13.8 Å². The van der Waals surface area contributed by atoms with Gasteiger partial charge in [0.25, 0.3) is 5.91 Å². The van der Waals surface area contributed by atoms with Crippen LogP contribution in [0.2, 0.25) is 10.0 Å². The van der Waals surface area contributed by atoms with Crippen LogP contribution in [0.4, 0.5) is 5.69 Å². The van der Waals surface area contributed by atoms with Crippen LogP contribution in [0.3, 0.4) is 0 Å². The van der Waals surface area contributed by atoms with Crippen molar-refractivity contribution in [1.82, 2.24) is 25.5 Å². The molecule has 0 saturated heterocycles. The molecule has 0 saturated carbocycles. The Balaban J connectivity index is 1.75. The average Bonchev–Trinajstić information content (AvgIpc) is 3.20. The molecule has 3 rings (SSSR count). The lowest BCUT2D eigenvalue weighted by molar-refractivity contribution is -0.118. The first-order valence-electron chi connectivity index (χ1n) is 8.75. The van der Waals surface area contributed by atoms with E-state index < -0.39 is 11.9 Å². The average molecular weight is 433 g/mol. The van der Waals surface area contributed by atoms with Crippen LogP contribution in [-0.2, 0) is 4.79 Å². The summed E-state index contributed by atoms with van der Waals surface area (Å²) in [7, 11) is 0. The molecule has 8 nitrogen and oxygen atoms in total. The summed E-state index contributed by atoms with van der Waals surface area (Å²) in [4.78, 5) is 25.4. The lowest BCUT2D eigenvalue weighted by atomic mass is 10.0. The molecular weight excluding hydrogens is 415 g/mol. The summed E-state index contributed by atoms with van der Waals surface area (Å²) < 4.78 is 1.47. The van der Waals surface area contributed by atoms with E-state index in [1.54, 1.807) is 30.3 Å².